The number of aryl methyl sites for hydroxylation is 1. The minimum atomic E-state index is -0.613. The molecule has 1 aromatic rings. The minimum Gasteiger partial charge on any atom is -0.326 e. The van der Waals surface area contributed by atoms with E-state index in [4.69, 9.17) is 0 Å². The van der Waals surface area contributed by atoms with Crippen molar-refractivity contribution in [3.05, 3.63) is 5.82 Å². The Bertz CT molecular complexity index is 629. The van der Waals surface area contributed by atoms with Gasteiger partial charge in [0.25, 0.3) is 0 Å². The summed E-state index contributed by atoms with van der Waals surface area (Å²) < 4.78 is 2.16. The largest absolute Gasteiger partial charge is 0.326 e. The van der Waals surface area contributed by atoms with Crippen molar-refractivity contribution in [1.29, 1.82) is 5.26 Å². The molecule has 1 saturated carbocycles. The second kappa shape index (κ2) is 7.56. The highest BCUT2D eigenvalue weighted by atomic mass is 32.2. The Labute approximate surface area is 147 Å². The molecular formula is C17H25N5OS. The number of nitriles is 1. The molecule has 0 saturated heterocycles. The van der Waals surface area contributed by atoms with E-state index in [2.05, 4.69) is 20.8 Å². The number of aromatic nitrogens is 3. The van der Waals surface area contributed by atoms with E-state index in [1.165, 1.54) is 18.2 Å². The Morgan fingerprint density at radius 3 is 2.75 bits per heavy atom. The summed E-state index contributed by atoms with van der Waals surface area (Å²) in [7, 11) is 1.78. The number of rotatable bonds is 4. The molecule has 1 aromatic heterocycles. The fourth-order valence-corrected chi connectivity index (χ4v) is 4.58. The van der Waals surface area contributed by atoms with E-state index in [1.54, 1.807) is 11.9 Å². The van der Waals surface area contributed by atoms with Crippen LogP contribution in [0.15, 0.2) is 5.16 Å². The van der Waals surface area contributed by atoms with Crippen LogP contribution in [-0.2, 0) is 17.8 Å². The van der Waals surface area contributed by atoms with E-state index >= 15 is 0 Å². The summed E-state index contributed by atoms with van der Waals surface area (Å²) in [6, 6.07) is 2.41. The van der Waals surface area contributed by atoms with E-state index in [0.717, 1.165) is 68.9 Å². The van der Waals surface area contributed by atoms with Crippen molar-refractivity contribution in [1.82, 2.24) is 19.7 Å². The number of hydrogen-bond donors (Lipinski definition) is 0. The molecule has 0 bridgehead atoms. The van der Waals surface area contributed by atoms with Gasteiger partial charge in [-0.05, 0) is 25.7 Å². The van der Waals surface area contributed by atoms with Crippen LogP contribution < -0.4 is 0 Å². The Morgan fingerprint density at radius 1 is 1.25 bits per heavy atom. The molecule has 130 valence electrons. The predicted molar refractivity (Wildman–Crippen MR) is 92.5 cm³/mol. The summed E-state index contributed by atoms with van der Waals surface area (Å²) in [5.74, 6) is 1.36. The molecule has 1 aliphatic carbocycles. The Hall–Kier alpha value is -1.55. The van der Waals surface area contributed by atoms with Crippen molar-refractivity contribution < 1.29 is 4.79 Å². The van der Waals surface area contributed by atoms with Crippen molar-refractivity contribution in [2.45, 2.75) is 75.0 Å². The predicted octanol–water partition coefficient (Wildman–Crippen LogP) is 2.78. The van der Waals surface area contributed by atoms with Crippen LogP contribution in [0.5, 0.6) is 0 Å². The number of carbonyl (C=O) groups excluding carboxylic acids is 1. The molecular weight excluding hydrogens is 322 g/mol. The van der Waals surface area contributed by atoms with Gasteiger partial charge in [-0.1, -0.05) is 37.4 Å². The number of nitrogens with zero attached hydrogens (tertiary/aromatic N) is 5. The van der Waals surface area contributed by atoms with Gasteiger partial charge in [0.15, 0.2) is 5.16 Å². The lowest BCUT2D eigenvalue weighted by Gasteiger charge is -2.39. The van der Waals surface area contributed by atoms with Gasteiger partial charge in [-0.3, -0.25) is 4.79 Å². The van der Waals surface area contributed by atoms with Crippen LogP contribution in [0.1, 0.15) is 57.2 Å². The Morgan fingerprint density at radius 2 is 2.00 bits per heavy atom. The smallest absolute Gasteiger partial charge is 0.234 e. The molecule has 1 fully saturated rings. The van der Waals surface area contributed by atoms with E-state index in [9.17, 15) is 10.1 Å². The highest BCUT2D eigenvalue weighted by Gasteiger charge is 2.38. The highest BCUT2D eigenvalue weighted by Crippen LogP contribution is 2.33. The number of amides is 1. The van der Waals surface area contributed by atoms with Crippen molar-refractivity contribution in [2.75, 3.05) is 12.8 Å². The van der Waals surface area contributed by atoms with Gasteiger partial charge in [-0.15, -0.1) is 10.2 Å². The topological polar surface area (TPSA) is 74.8 Å². The molecule has 2 aliphatic rings. The van der Waals surface area contributed by atoms with Crippen LogP contribution in [0.2, 0.25) is 0 Å². The molecule has 6 nitrogen and oxygen atoms in total. The number of thioether (sulfide) groups is 1. The summed E-state index contributed by atoms with van der Waals surface area (Å²) in [4.78, 5) is 14.3. The minimum absolute atomic E-state index is 0.00872. The summed E-state index contributed by atoms with van der Waals surface area (Å²) in [5, 5.41) is 19.0. The maximum Gasteiger partial charge on any atom is 0.234 e. The fraction of sp³-hybridized carbons (Fsp3) is 0.765. The molecule has 1 aliphatic heterocycles. The molecule has 0 N–H and O–H groups in total. The third kappa shape index (κ3) is 3.44. The molecule has 24 heavy (non-hydrogen) atoms. The quantitative estimate of drug-likeness (QED) is 0.783. The maximum absolute atomic E-state index is 12.6. The first-order valence-electron chi connectivity index (χ1n) is 8.89. The lowest BCUT2D eigenvalue weighted by Crippen LogP contribution is -2.50. The highest BCUT2D eigenvalue weighted by molar-refractivity contribution is 7.99. The van der Waals surface area contributed by atoms with Crippen molar-refractivity contribution >= 4 is 17.7 Å². The van der Waals surface area contributed by atoms with E-state index in [-0.39, 0.29) is 5.91 Å². The lowest BCUT2D eigenvalue weighted by atomic mass is 9.81. The monoisotopic (exact) mass is 347 g/mol. The lowest BCUT2D eigenvalue weighted by molar-refractivity contribution is -0.131. The Balaban J connectivity index is 1.63. The van der Waals surface area contributed by atoms with Gasteiger partial charge < -0.3 is 9.47 Å². The van der Waals surface area contributed by atoms with Gasteiger partial charge >= 0.3 is 0 Å². The molecule has 2 heterocycles. The SMILES string of the molecule is CN(C(=O)CSc1nnc2n1CCCCC2)C1(C#N)CCCCC1. The van der Waals surface area contributed by atoms with E-state index in [0.29, 0.717) is 5.75 Å². The van der Waals surface area contributed by atoms with Crippen molar-refractivity contribution in [3.63, 3.8) is 0 Å². The van der Waals surface area contributed by atoms with Crippen molar-refractivity contribution in [3.8, 4) is 6.07 Å². The molecule has 1 amide bonds. The third-order valence-corrected chi connectivity index (χ3v) is 6.26. The molecule has 0 radical (unpaired) electrons. The Kier molecular flexibility index (Phi) is 5.44. The number of hydrogen-bond acceptors (Lipinski definition) is 5. The first-order valence-corrected chi connectivity index (χ1v) is 9.88. The van der Waals surface area contributed by atoms with Gasteiger partial charge in [0, 0.05) is 20.0 Å². The molecule has 0 aromatic carbocycles. The summed E-state index contributed by atoms with van der Waals surface area (Å²) in [5.41, 5.74) is -0.613. The van der Waals surface area contributed by atoms with Gasteiger partial charge in [0.1, 0.15) is 11.4 Å². The molecule has 0 unspecified atom stereocenters. The van der Waals surface area contributed by atoms with Gasteiger partial charge in [0.05, 0.1) is 11.8 Å². The van der Waals surface area contributed by atoms with Gasteiger partial charge in [0.2, 0.25) is 5.91 Å². The van der Waals surface area contributed by atoms with Crippen LogP contribution in [-0.4, -0.2) is 43.9 Å². The number of carbonyl (C=O) groups is 1. The maximum atomic E-state index is 12.6. The van der Waals surface area contributed by atoms with Crippen LogP contribution in [0.25, 0.3) is 0 Å². The van der Waals surface area contributed by atoms with Crippen LogP contribution in [0, 0.1) is 11.3 Å². The standard InChI is InChI=1S/C17H25N5OS/c1-21(17(13-18)9-5-3-6-10-17)15(23)12-24-16-20-19-14-8-4-2-7-11-22(14)16/h2-12H2,1H3. The summed E-state index contributed by atoms with van der Waals surface area (Å²) in [6.07, 6.45) is 9.28. The molecule has 3 rings (SSSR count). The first-order chi connectivity index (χ1) is 11.7. The van der Waals surface area contributed by atoms with E-state index in [1.807, 2.05) is 0 Å². The molecule has 0 atom stereocenters. The van der Waals surface area contributed by atoms with Crippen LogP contribution >= 0.6 is 11.8 Å². The first kappa shape index (κ1) is 17.3. The summed E-state index contributed by atoms with van der Waals surface area (Å²) in [6.45, 7) is 0.941. The second-order valence-electron chi connectivity index (χ2n) is 6.81. The number of fused-ring (bicyclic) bond motifs is 1. The summed E-state index contributed by atoms with van der Waals surface area (Å²) >= 11 is 1.45. The van der Waals surface area contributed by atoms with Gasteiger partial charge in [-0.2, -0.15) is 5.26 Å². The van der Waals surface area contributed by atoms with Crippen LogP contribution in [0.3, 0.4) is 0 Å². The zero-order valence-electron chi connectivity index (χ0n) is 14.3. The average molecular weight is 347 g/mol. The fourth-order valence-electron chi connectivity index (χ4n) is 3.69. The van der Waals surface area contributed by atoms with Crippen LogP contribution in [0.4, 0.5) is 0 Å². The zero-order valence-corrected chi connectivity index (χ0v) is 15.1. The average Bonchev–Trinajstić information content (AvgIpc) is 2.85. The van der Waals surface area contributed by atoms with E-state index < -0.39 is 5.54 Å². The third-order valence-electron chi connectivity index (χ3n) is 5.31. The van der Waals surface area contributed by atoms with Crippen molar-refractivity contribution in [2.24, 2.45) is 0 Å². The van der Waals surface area contributed by atoms with Gasteiger partial charge in [-0.25, -0.2) is 0 Å². The second-order valence-corrected chi connectivity index (χ2v) is 7.75. The molecule has 0 spiro atoms. The molecule has 7 heteroatoms. The zero-order chi connectivity index (χ0) is 17.0. The normalized spacial score (nSPS) is 19.8.